The summed E-state index contributed by atoms with van der Waals surface area (Å²) in [5, 5.41) is 21.3. The Labute approximate surface area is 895 Å². The van der Waals surface area contributed by atoms with Gasteiger partial charge in [-0.05, 0) is 298 Å². The van der Waals surface area contributed by atoms with Gasteiger partial charge in [0, 0.05) is 60.2 Å². The number of allylic oxidation sites excluding steroid dienone is 7. The third-order valence-corrected chi connectivity index (χ3v) is 54.0. The number of aliphatic hydroxyl groups is 2. The van der Waals surface area contributed by atoms with Crippen molar-refractivity contribution in [3.05, 3.63) is 131 Å². The zero-order valence-electron chi connectivity index (χ0n) is 92.1. The fourth-order valence-corrected chi connectivity index (χ4v) is 29.4. The Morgan fingerprint density at radius 3 is 1.13 bits per heavy atom. The SMILES string of the molecule is C.C.C.C.C#CC[C@@H](O[Si](C)(C)C(C)(C)C)[C@H](C)C(C=C)O[Si](C)(C)C(C)(C)C.C=C1C[C@H](C[C@@H](C)[C@H]2CC[C@H]3/C(=C/Br)CCC[C@]23C)OC1=O.C=C1C[C@H](C[C@@H](C)[C@H]2CC[C@H]3/C(=C/C=C4/C[C@H](O)[C@H](C)[C@@H](O)C4=C)CCC[C@]23C)OC1=O.C=C1C[C@H](C[C@@H](C)[C@H]2CC[C@H]3/C(=C/C=C4/C[C@H](O[Si](C)(C)C(C)(C)C)[C@H](C)[C@@H](O[Si](C)(C)C(C)(C)C)C4=C)CCC[C@]23C)OC1=O.CCC.F[B-](F)(F)F.O=S(=O)(O)O.[Li+]. The molecule has 8 saturated carbocycles. The smallest absolute Gasteiger partial charge is 0.459 e. The minimum Gasteiger partial charge on any atom is -0.459 e. The number of ether oxygens (including phenoxy) is 3. The van der Waals surface area contributed by atoms with Crippen LogP contribution in [0.5, 0.6) is 0 Å². The first kappa shape index (κ1) is 139. The van der Waals surface area contributed by atoms with Crippen LogP contribution in [-0.4, -0.2) is 141 Å². The summed E-state index contributed by atoms with van der Waals surface area (Å²) in [6, 6.07) is 0. The Kier molecular flexibility index (Phi) is 55.0. The predicted octanol–water partition coefficient (Wildman–Crippen LogP) is 30.2. The minimum atomic E-state index is -6.00. The zero-order valence-corrected chi connectivity index (χ0v) is 98.6. The maximum atomic E-state index is 12.0. The number of terminal acetylenes is 1. The molecule has 24 atom stereocenters. The molecule has 0 radical (unpaired) electrons. The number of aliphatic hydroxyl groups excluding tert-OH is 2. The van der Waals surface area contributed by atoms with Crippen molar-refractivity contribution in [2.24, 2.45) is 87.3 Å². The molecule has 11 aliphatic rings. The molecular formula is C115H203BBrF4LiO16SSi4. The van der Waals surface area contributed by atoms with E-state index in [-0.39, 0.29) is 153 Å². The van der Waals surface area contributed by atoms with Crippen LogP contribution in [0, 0.1) is 99.6 Å². The molecule has 143 heavy (non-hydrogen) atoms. The molecule has 0 amide bonds. The van der Waals surface area contributed by atoms with Crippen LogP contribution in [0.1, 0.15) is 349 Å². The monoisotopic (exact) mass is 2160 g/mol. The summed E-state index contributed by atoms with van der Waals surface area (Å²) in [5.74, 6) is 8.07. The van der Waals surface area contributed by atoms with Gasteiger partial charge >= 0.3 is 54.4 Å². The Bertz CT molecular complexity index is 4460. The first-order valence-electron chi connectivity index (χ1n) is 51.8. The Balaban J connectivity index is 0.00000184. The molecule has 0 bridgehead atoms. The summed E-state index contributed by atoms with van der Waals surface area (Å²) in [5.41, 5.74) is 11.8. The van der Waals surface area contributed by atoms with Gasteiger partial charge in [0.1, 0.15) is 18.3 Å². The van der Waals surface area contributed by atoms with E-state index in [2.05, 4.69) is 289 Å². The van der Waals surface area contributed by atoms with Crippen LogP contribution in [-0.2, 0) is 56.7 Å². The van der Waals surface area contributed by atoms with Gasteiger partial charge in [0.15, 0.2) is 33.3 Å². The molecular weight excluding hydrogens is 1960 g/mol. The van der Waals surface area contributed by atoms with Crippen LogP contribution in [0.2, 0.25) is 72.5 Å². The van der Waals surface area contributed by atoms with E-state index in [9.17, 15) is 41.9 Å². The summed E-state index contributed by atoms with van der Waals surface area (Å²) in [7, 11) is -18.5. The van der Waals surface area contributed by atoms with E-state index >= 15 is 0 Å². The van der Waals surface area contributed by atoms with Gasteiger partial charge in [-0.1, -0.05) is 291 Å². The Hall–Kier alpha value is -3.53. The van der Waals surface area contributed by atoms with Crippen molar-refractivity contribution < 1.29 is 110 Å². The van der Waals surface area contributed by atoms with Crippen LogP contribution in [0.3, 0.4) is 0 Å². The van der Waals surface area contributed by atoms with Gasteiger partial charge in [-0.2, -0.15) is 8.42 Å². The van der Waals surface area contributed by atoms with Crippen LogP contribution >= 0.6 is 15.9 Å². The first-order valence-corrected chi connectivity index (χ1v) is 65.7. The molecule has 0 aromatic rings. The van der Waals surface area contributed by atoms with Crippen molar-refractivity contribution in [1.29, 1.82) is 0 Å². The number of halogens is 5. The normalized spacial score (nSPS) is 31.6. The largest absolute Gasteiger partial charge is 1.00 e. The predicted molar refractivity (Wildman–Crippen MR) is 602 cm³/mol. The molecule has 11 fully saturated rings. The summed E-state index contributed by atoms with van der Waals surface area (Å²) >= 11 is 3.58. The van der Waals surface area contributed by atoms with Gasteiger partial charge in [0.25, 0.3) is 0 Å². The van der Waals surface area contributed by atoms with E-state index in [4.69, 9.17) is 62.4 Å². The van der Waals surface area contributed by atoms with Crippen molar-refractivity contribution in [2.45, 2.75) is 477 Å². The topological polar surface area (TPSA) is 231 Å². The summed E-state index contributed by atoms with van der Waals surface area (Å²) in [6.45, 7) is 95.8. The summed E-state index contributed by atoms with van der Waals surface area (Å²) in [6.07, 6.45) is 42.9. The summed E-state index contributed by atoms with van der Waals surface area (Å²) < 4.78 is 115. The average molecular weight is 2160 g/mol. The molecule has 11 rings (SSSR count). The number of rotatable bonds is 23. The number of hydrogen-bond donors (Lipinski definition) is 4. The van der Waals surface area contributed by atoms with E-state index in [1.165, 1.54) is 107 Å². The van der Waals surface area contributed by atoms with Gasteiger partial charge in [-0.15, -0.1) is 18.9 Å². The molecule has 3 saturated heterocycles. The van der Waals surface area contributed by atoms with Crippen LogP contribution in [0.15, 0.2) is 131 Å². The Morgan fingerprint density at radius 2 is 0.832 bits per heavy atom. The van der Waals surface area contributed by atoms with E-state index in [0.717, 1.165) is 67.1 Å². The molecule has 3 heterocycles. The second-order valence-electron chi connectivity index (χ2n) is 49.8. The van der Waals surface area contributed by atoms with E-state index < -0.39 is 63.1 Å². The number of esters is 3. The van der Waals surface area contributed by atoms with Crippen molar-refractivity contribution in [3.8, 4) is 12.3 Å². The van der Waals surface area contributed by atoms with Crippen LogP contribution in [0.4, 0.5) is 17.3 Å². The molecule has 16 nitrogen and oxygen atoms in total. The third-order valence-electron chi connectivity index (χ3n) is 35.5. The number of carbonyl (C=O) groups is 3. The van der Waals surface area contributed by atoms with Crippen molar-refractivity contribution >= 4 is 84.8 Å². The maximum Gasteiger partial charge on any atom is 1.00 e. The minimum absolute atomic E-state index is 0. The molecule has 1 unspecified atom stereocenters. The summed E-state index contributed by atoms with van der Waals surface area (Å²) in [4.78, 5) is 37.4. The Morgan fingerprint density at radius 1 is 0.524 bits per heavy atom. The fraction of sp³-hybridized carbons (Fsp3) is 0.765. The molecule has 820 valence electrons. The quantitative estimate of drug-likeness (QED) is 0.0109. The molecule has 4 N–H and O–H groups in total. The average Bonchev–Trinajstić information content (AvgIpc) is 1.64. The van der Waals surface area contributed by atoms with Gasteiger partial charge in [-0.3, -0.25) is 9.11 Å². The molecule has 3 aliphatic heterocycles. The van der Waals surface area contributed by atoms with E-state index in [1.54, 1.807) is 11.1 Å². The van der Waals surface area contributed by atoms with Gasteiger partial charge in [0.05, 0.1) is 36.6 Å². The van der Waals surface area contributed by atoms with E-state index in [1.807, 2.05) is 13.0 Å². The first-order chi connectivity index (χ1) is 63.0. The van der Waals surface area contributed by atoms with Gasteiger partial charge in [0.2, 0.25) is 0 Å². The molecule has 0 spiro atoms. The van der Waals surface area contributed by atoms with Crippen LogP contribution < -0.4 is 18.9 Å². The van der Waals surface area contributed by atoms with Gasteiger partial charge in [-0.25, -0.2) is 14.4 Å². The van der Waals surface area contributed by atoms with E-state index in [0.29, 0.717) is 94.7 Å². The third kappa shape index (κ3) is 37.7. The van der Waals surface area contributed by atoms with Crippen LogP contribution in [0.25, 0.3) is 0 Å². The second kappa shape index (κ2) is 56.4. The van der Waals surface area contributed by atoms with Crippen molar-refractivity contribution in [1.82, 2.24) is 0 Å². The molecule has 28 heteroatoms. The molecule has 8 aliphatic carbocycles. The maximum absolute atomic E-state index is 12.0. The number of hydrogen-bond acceptors (Lipinski definition) is 14. The number of cyclic esters (lactones) is 3. The van der Waals surface area contributed by atoms with Crippen molar-refractivity contribution in [3.63, 3.8) is 0 Å². The molecule has 0 aromatic heterocycles. The fourth-order valence-electron chi connectivity index (χ4n) is 23.3. The number of carbonyl (C=O) groups excluding carboxylic acids is 3. The standard InChI is InChI=1S/C40H68O4Si2.C28H40O4.C21H42O2Si2.C19H27BrO2.C3H8.4CH4.BF4.Li.H2O4S/c1-26(23-32-24-27(2)37(41)42-32)33-20-21-34-30(17-16-22-40(33,34)11)18-19-31-25-35(43-45(12,13)38(5,6)7)29(4)36(28(31)3)44-46(14,15)39(8,9)10;1-16(13-22-14-17(2)27(31)32-22)23-10-11-24-20(7-6-12-28(23,24)5)8-9-21-15-25(29)19(4)26(30)18(21)3;1-14-16-19(23-25(12,13)21(7,8)9)17(3)18(15-2)22-24(10,11)20(4,5)6;1-12(9-15-10-13(2)18(21)22-15)16-6-7-17-14(11-20)5-4-8-19(16,17)3;1-3-2;;;;;2-1(3,4)5;;1-5(2,3)4/h18-19,26,29,32-36H,2-3,16-17,20-25H2,1,4-15H3;8-9,16,19,22-26,29-30H,2-3,6-7,10-15H2,1,4-5H3;1,15,17-19H,2,16H2,3-13H3;11-12,15-17H,2,4-10H2,1,3H3;3H2,1-2H3;4*1H4;;;(H2,1,2,3,4)/q;;;;;;;;;-1;+1;/b30-18+,31-19-;20-8+,21-9-;;14-11+;;;;;;;;/t26-,29+,32+,33-,34+,35+,36+,40-;16-,19+,22+,23-,24+,25+,26+,28-;17-,18?,19-;12-,15+,16-,17+,19-;;;;;;;;/m1111......../s1. The second-order valence-corrected chi connectivity index (χ2v) is 70.2. The van der Waals surface area contributed by atoms with Crippen molar-refractivity contribution in [2.75, 3.05) is 0 Å². The zero-order chi connectivity index (χ0) is 106. The number of fused-ring (bicyclic) bond motifs is 3. The van der Waals surface area contributed by atoms with Gasteiger partial charge < -0.3 is 59.4 Å². The molecule has 0 aromatic carbocycles.